The Hall–Kier alpha value is -3.02. The van der Waals surface area contributed by atoms with Crippen LogP contribution in [0, 0.1) is 0 Å². The van der Waals surface area contributed by atoms with Gasteiger partial charge in [0.05, 0.1) is 13.7 Å². The molecule has 0 aromatic heterocycles. The number of benzene rings is 2. The molecule has 0 spiro atoms. The van der Waals surface area contributed by atoms with E-state index in [0.717, 1.165) is 0 Å². The molecule has 126 valence electrons. The van der Waals surface area contributed by atoms with Gasteiger partial charge in [-0.15, -0.1) is 0 Å². The van der Waals surface area contributed by atoms with Gasteiger partial charge in [-0.25, -0.2) is 4.79 Å². The van der Waals surface area contributed by atoms with Gasteiger partial charge in [0, 0.05) is 5.69 Å². The minimum absolute atomic E-state index is 0.289. The zero-order valence-corrected chi connectivity index (χ0v) is 13.6. The number of hydrogen-bond acceptors (Lipinski definition) is 5. The molecule has 0 atom stereocenters. The van der Waals surface area contributed by atoms with Crippen LogP contribution in [-0.4, -0.2) is 32.2 Å². The maximum absolute atomic E-state index is 12.1. The summed E-state index contributed by atoms with van der Waals surface area (Å²) in [6.07, 6.45) is 0. The van der Waals surface area contributed by atoms with Crippen molar-refractivity contribution in [1.29, 1.82) is 0 Å². The summed E-state index contributed by atoms with van der Waals surface area (Å²) in [5.41, 5.74) is 0.878. The van der Waals surface area contributed by atoms with Gasteiger partial charge in [0.25, 0.3) is 5.91 Å². The molecule has 0 radical (unpaired) electrons. The van der Waals surface area contributed by atoms with Crippen molar-refractivity contribution in [2.24, 2.45) is 0 Å². The molecule has 6 nitrogen and oxygen atoms in total. The van der Waals surface area contributed by atoms with Crippen molar-refractivity contribution in [3.05, 3.63) is 54.1 Å². The third-order valence-electron chi connectivity index (χ3n) is 3.11. The minimum Gasteiger partial charge on any atom is -0.497 e. The van der Waals surface area contributed by atoms with Crippen molar-refractivity contribution in [3.63, 3.8) is 0 Å². The summed E-state index contributed by atoms with van der Waals surface area (Å²) in [6.45, 7) is 1.87. The number of rotatable bonds is 7. The van der Waals surface area contributed by atoms with Crippen LogP contribution in [0.1, 0.15) is 17.3 Å². The Bertz CT molecular complexity index is 697. The molecule has 24 heavy (non-hydrogen) atoms. The number of para-hydroxylation sites is 1. The normalized spacial score (nSPS) is 9.92. The molecule has 0 unspecified atom stereocenters. The predicted molar refractivity (Wildman–Crippen MR) is 89.5 cm³/mol. The maximum atomic E-state index is 12.1. The Morgan fingerprint density at radius 1 is 1.04 bits per heavy atom. The van der Waals surface area contributed by atoms with E-state index in [0.29, 0.717) is 23.8 Å². The molecule has 2 aromatic rings. The molecule has 6 heteroatoms. The summed E-state index contributed by atoms with van der Waals surface area (Å²) in [7, 11) is 1.56. The highest BCUT2D eigenvalue weighted by molar-refractivity contribution is 5.96. The molecule has 1 amide bonds. The van der Waals surface area contributed by atoms with E-state index in [4.69, 9.17) is 14.2 Å². The Morgan fingerprint density at radius 3 is 2.42 bits per heavy atom. The van der Waals surface area contributed by atoms with Crippen LogP contribution in [0.15, 0.2) is 48.5 Å². The summed E-state index contributed by atoms with van der Waals surface area (Å²) in [6, 6.07) is 13.6. The molecule has 0 bridgehead atoms. The highest BCUT2D eigenvalue weighted by atomic mass is 16.5. The van der Waals surface area contributed by atoms with Gasteiger partial charge in [-0.05, 0) is 43.3 Å². The van der Waals surface area contributed by atoms with Gasteiger partial charge >= 0.3 is 5.97 Å². The van der Waals surface area contributed by atoms with Crippen molar-refractivity contribution in [2.45, 2.75) is 6.92 Å². The average Bonchev–Trinajstić information content (AvgIpc) is 2.61. The van der Waals surface area contributed by atoms with Gasteiger partial charge < -0.3 is 19.5 Å². The molecule has 0 aliphatic carbocycles. The van der Waals surface area contributed by atoms with Gasteiger partial charge in [-0.1, -0.05) is 12.1 Å². The van der Waals surface area contributed by atoms with Crippen molar-refractivity contribution in [1.82, 2.24) is 0 Å². The summed E-state index contributed by atoms with van der Waals surface area (Å²) in [5, 5.41) is 2.64. The molecule has 1 N–H and O–H groups in total. The van der Waals surface area contributed by atoms with E-state index in [-0.39, 0.29) is 12.2 Å². The van der Waals surface area contributed by atoms with Crippen LogP contribution in [0.3, 0.4) is 0 Å². The number of hydrogen-bond donors (Lipinski definition) is 1. The first-order valence-corrected chi connectivity index (χ1v) is 7.47. The molecule has 0 fully saturated rings. The van der Waals surface area contributed by atoms with Gasteiger partial charge in [0.1, 0.15) is 17.1 Å². The van der Waals surface area contributed by atoms with E-state index in [2.05, 4.69) is 5.32 Å². The summed E-state index contributed by atoms with van der Waals surface area (Å²) >= 11 is 0. The second-order valence-electron chi connectivity index (χ2n) is 4.78. The first-order chi connectivity index (χ1) is 11.6. The zero-order chi connectivity index (χ0) is 17.4. The van der Waals surface area contributed by atoms with Crippen LogP contribution < -0.4 is 14.8 Å². The predicted octanol–water partition coefficient (Wildman–Crippen LogP) is 2.89. The molecular weight excluding hydrogens is 310 g/mol. The fraction of sp³-hybridized carbons (Fsp3) is 0.222. The van der Waals surface area contributed by atoms with E-state index >= 15 is 0 Å². The molecule has 2 rings (SSSR count). The van der Waals surface area contributed by atoms with E-state index < -0.39 is 11.9 Å². The second kappa shape index (κ2) is 8.57. The summed E-state index contributed by atoms with van der Waals surface area (Å²) in [4.78, 5) is 23.9. The van der Waals surface area contributed by atoms with Crippen molar-refractivity contribution in [3.8, 4) is 11.5 Å². The van der Waals surface area contributed by atoms with Crippen LogP contribution in [0.2, 0.25) is 0 Å². The number of esters is 1. The van der Waals surface area contributed by atoms with E-state index in [1.54, 1.807) is 55.6 Å². The average molecular weight is 329 g/mol. The summed E-state index contributed by atoms with van der Waals surface area (Å²) < 4.78 is 15.4. The van der Waals surface area contributed by atoms with Crippen LogP contribution in [0.5, 0.6) is 11.5 Å². The number of amides is 1. The number of anilines is 1. The van der Waals surface area contributed by atoms with Crippen molar-refractivity contribution < 1.29 is 23.8 Å². The number of ether oxygens (including phenoxy) is 3. The third kappa shape index (κ3) is 4.74. The molecule has 0 saturated carbocycles. The molecule has 0 aliphatic heterocycles. The number of nitrogens with one attached hydrogen (secondary N) is 1. The van der Waals surface area contributed by atoms with E-state index in [1.165, 1.54) is 0 Å². The van der Waals surface area contributed by atoms with Gasteiger partial charge in [-0.2, -0.15) is 0 Å². The topological polar surface area (TPSA) is 73.9 Å². The van der Waals surface area contributed by atoms with E-state index in [9.17, 15) is 9.59 Å². The highest BCUT2D eigenvalue weighted by Gasteiger charge is 2.15. The Morgan fingerprint density at radius 2 is 1.75 bits per heavy atom. The molecule has 0 aliphatic rings. The molecule has 2 aromatic carbocycles. The lowest BCUT2D eigenvalue weighted by molar-refractivity contribution is -0.119. The Labute approximate surface area is 140 Å². The largest absolute Gasteiger partial charge is 0.497 e. The Balaban J connectivity index is 1.90. The molecule has 0 heterocycles. The van der Waals surface area contributed by atoms with Gasteiger partial charge in [-0.3, -0.25) is 4.79 Å². The van der Waals surface area contributed by atoms with Crippen LogP contribution in [0.4, 0.5) is 5.69 Å². The highest BCUT2D eigenvalue weighted by Crippen LogP contribution is 2.19. The lowest BCUT2D eigenvalue weighted by atomic mass is 10.2. The summed E-state index contributed by atoms with van der Waals surface area (Å²) in [5.74, 6) is 0.0823. The number of carbonyl (C=O) groups is 2. The quantitative estimate of drug-likeness (QED) is 0.791. The lowest BCUT2D eigenvalue weighted by Gasteiger charge is -2.10. The third-order valence-corrected chi connectivity index (χ3v) is 3.11. The smallest absolute Gasteiger partial charge is 0.342 e. The molecule has 0 saturated heterocycles. The monoisotopic (exact) mass is 329 g/mol. The van der Waals surface area contributed by atoms with Crippen molar-refractivity contribution in [2.75, 3.05) is 25.6 Å². The van der Waals surface area contributed by atoms with Crippen LogP contribution >= 0.6 is 0 Å². The fourth-order valence-electron chi connectivity index (χ4n) is 2.00. The van der Waals surface area contributed by atoms with Gasteiger partial charge in [0.15, 0.2) is 6.61 Å². The van der Waals surface area contributed by atoms with Crippen LogP contribution in [-0.2, 0) is 9.53 Å². The van der Waals surface area contributed by atoms with Crippen LogP contribution in [0.25, 0.3) is 0 Å². The molecular formula is C18H19NO5. The SMILES string of the molecule is CCOc1ccccc1C(=O)OCC(=O)Nc1ccc(OC)cc1. The lowest BCUT2D eigenvalue weighted by Crippen LogP contribution is -2.21. The second-order valence-corrected chi connectivity index (χ2v) is 4.78. The van der Waals surface area contributed by atoms with E-state index in [1.807, 2.05) is 6.92 Å². The maximum Gasteiger partial charge on any atom is 0.342 e. The van der Waals surface area contributed by atoms with Gasteiger partial charge in [0.2, 0.25) is 0 Å². The minimum atomic E-state index is -0.607. The number of methoxy groups -OCH3 is 1. The zero-order valence-electron chi connectivity index (χ0n) is 13.6. The first-order valence-electron chi connectivity index (χ1n) is 7.47. The fourth-order valence-corrected chi connectivity index (χ4v) is 2.00. The Kier molecular flexibility index (Phi) is 6.19. The number of carbonyl (C=O) groups excluding carboxylic acids is 2. The standard InChI is InChI=1S/C18H19NO5/c1-3-23-16-7-5-4-6-15(16)18(21)24-12-17(20)19-13-8-10-14(22-2)11-9-13/h4-11H,3,12H2,1-2H3,(H,19,20). The first kappa shape index (κ1) is 17.3. The van der Waals surface area contributed by atoms with Crippen molar-refractivity contribution >= 4 is 17.6 Å².